The zero-order valence-electron chi connectivity index (χ0n) is 11.1. The summed E-state index contributed by atoms with van der Waals surface area (Å²) in [5.41, 5.74) is 2.83. The minimum Gasteiger partial charge on any atom is -0.379 e. The third kappa shape index (κ3) is 3.30. The fraction of sp³-hybridized carbons (Fsp3) is 0.600. The highest BCUT2D eigenvalue weighted by molar-refractivity contribution is 5.24. The fourth-order valence-electron chi connectivity index (χ4n) is 2.24. The first kappa shape index (κ1) is 12.6. The Morgan fingerprint density at radius 1 is 1.29 bits per heavy atom. The second-order valence-electron chi connectivity index (χ2n) is 5.29. The minimum absolute atomic E-state index is 0.536. The van der Waals surface area contributed by atoms with Crippen LogP contribution in [-0.2, 0) is 11.3 Å². The maximum atomic E-state index is 5.46. The van der Waals surface area contributed by atoms with E-state index in [1.165, 1.54) is 11.1 Å². The van der Waals surface area contributed by atoms with E-state index in [1.54, 1.807) is 0 Å². The lowest BCUT2D eigenvalue weighted by molar-refractivity contribution is -0.00437. The van der Waals surface area contributed by atoms with E-state index in [1.807, 2.05) is 0 Å². The number of morpholine rings is 1. The molecule has 0 saturated carbocycles. The van der Waals surface area contributed by atoms with Crippen LogP contribution in [0.5, 0.6) is 0 Å². The molecule has 1 fully saturated rings. The van der Waals surface area contributed by atoms with Crippen LogP contribution in [0.25, 0.3) is 0 Å². The number of ether oxygens (including phenoxy) is 1. The molecule has 0 N–H and O–H groups in total. The Hall–Kier alpha value is -0.860. The van der Waals surface area contributed by atoms with Gasteiger partial charge in [0.05, 0.1) is 13.2 Å². The lowest BCUT2D eigenvalue weighted by atomic mass is 10.0. The summed E-state index contributed by atoms with van der Waals surface area (Å²) in [5, 5.41) is 0. The van der Waals surface area contributed by atoms with Gasteiger partial charge in [-0.2, -0.15) is 0 Å². The molecule has 1 aromatic rings. The van der Waals surface area contributed by atoms with E-state index in [-0.39, 0.29) is 0 Å². The normalized spacial score (nSPS) is 22.0. The molecule has 0 spiro atoms. The minimum atomic E-state index is 0.536. The van der Waals surface area contributed by atoms with Gasteiger partial charge in [-0.25, -0.2) is 0 Å². The van der Waals surface area contributed by atoms with Gasteiger partial charge in [-0.3, -0.25) is 4.90 Å². The van der Waals surface area contributed by atoms with Crippen molar-refractivity contribution in [3.05, 3.63) is 35.4 Å². The van der Waals surface area contributed by atoms with Crippen LogP contribution in [0, 0.1) is 0 Å². The van der Waals surface area contributed by atoms with E-state index in [0.717, 1.165) is 26.3 Å². The van der Waals surface area contributed by atoms with Crippen LogP contribution in [-0.4, -0.2) is 30.7 Å². The van der Waals surface area contributed by atoms with Gasteiger partial charge in [-0.05, 0) is 24.0 Å². The molecule has 1 heterocycles. The van der Waals surface area contributed by atoms with Crippen molar-refractivity contribution in [1.82, 2.24) is 4.90 Å². The van der Waals surface area contributed by atoms with Crippen molar-refractivity contribution in [3.63, 3.8) is 0 Å². The summed E-state index contributed by atoms with van der Waals surface area (Å²) in [4.78, 5) is 2.49. The van der Waals surface area contributed by atoms with Gasteiger partial charge in [0.25, 0.3) is 0 Å². The molecule has 0 aromatic heterocycles. The van der Waals surface area contributed by atoms with E-state index in [4.69, 9.17) is 4.74 Å². The Balaban J connectivity index is 1.98. The van der Waals surface area contributed by atoms with Crippen molar-refractivity contribution in [2.45, 2.75) is 39.3 Å². The maximum Gasteiger partial charge on any atom is 0.0619 e. The molecule has 0 amide bonds. The quantitative estimate of drug-likeness (QED) is 0.795. The van der Waals surface area contributed by atoms with Gasteiger partial charge in [-0.1, -0.05) is 38.1 Å². The van der Waals surface area contributed by atoms with Crippen molar-refractivity contribution in [2.75, 3.05) is 19.8 Å². The molecule has 0 aliphatic carbocycles. The number of rotatable bonds is 3. The summed E-state index contributed by atoms with van der Waals surface area (Å²) in [6.45, 7) is 10.5. The number of nitrogens with zero attached hydrogens (tertiary/aromatic N) is 1. The Bertz CT molecular complexity index is 344. The standard InChI is InChI=1S/C15H23NO/c1-12(2)15-6-4-14(5-7-15)10-16-8-9-17-11-13(16)3/h4-7,12-13H,8-11H2,1-3H3/t13-/m0/s1. The molecule has 1 aliphatic heterocycles. The Morgan fingerprint density at radius 3 is 2.59 bits per heavy atom. The highest BCUT2D eigenvalue weighted by atomic mass is 16.5. The van der Waals surface area contributed by atoms with Gasteiger partial charge in [-0.15, -0.1) is 0 Å². The SMILES string of the molecule is CC(C)c1ccc(CN2CCOC[C@@H]2C)cc1. The van der Waals surface area contributed by atoms with E-state index in [0.29, 0.717) is 12.0 Å². The van der Waals surface area contributed by atoms with Crippen molar-refractivity contribution < 1.29 is 4.74 Å². The molecule has 94 valence electrons. The average molecular weight is 233 g/mol. The molecule has 1 aromatic carbocycles. The van der Waals surface area contributed by atoms with E-state index in [9.17, 15) is 0 Å². The third-order valence-electron chi connectivity index (χ3n) is 3.54. The van der Waals surface area contributed by atoms with Crippen LogP contribution in [0.3, 0.4) is 0 Å². The second kappa shape index (κ2) is 5.65. The van der Waals surface area contributed by atoms with Gasteiger partial charge in [0.1, 0.15) is 0 Å². The van der Waals surface area contributed by atoms with Crippen LogP contribution in [0.4, 0.5) is 0 Å². The summed E-state index contributed by atoms with van der Waals surface area (Å²) >= 11 is 0. The van der Waals surface area contributed by atoms with Crippen LogP contribution < -0.4 is 0 Å². The van der Waals surface area contributed by atoms with Crippen LogP contribution in [0.15, 0.2) is 24.3 Å². The second-order valence-corrected chi connectivity index (χ2v) is 5.29. The third-order valence-corrected chi connectivity index (χ3v) is 3.54. The molecular weight excluding hydrogens is 210 g/mol. The summed E-state index contributed by atoms with van der Waals surface area (Å²) < 4.78 is 5.46. The molecule has 0 radical (unpaired) electrons. The molecule has 2 rings (SSSR count). The average Bonchev–Trinajstić information content (AvgIpc) is 2.33. The molecule has 1 saturated heterocycles. The monoisotopic (exact) mass is 233 g/mol. The molecular formula is C15H23NO. The highest BCUT2D eigenvalue weighted by Crippen LogP contribution is 2.17. The lowest BCUT2D eigenvalue weighted by Crippen LogP contribution is -2.42. The molecule has 2 heteroatoms. The molecule has 0 unspecified atom stereocenters. The number of benzene rings is 1. The summed E-state index contributed by atoms with van der Waals surface area (Å²) in [7, 11) is 0. The van der Waals surface area contributed by atoms with Crippen LogP contribution in [0.1, 0.15) is 37.8 Å². The van der Waals surface area contributed by atoms with E-state index < -0.39 is 0 Å². The van der Waals surface area contributed by atoms with Crippen LogP contribution >= 0.6 is 0 Å². The maximum absolute atomic E-state index is 5.46. The first-order chi connectivity index (χ1) is 8.16. The van der Waals surface area contributed by atoms with Gasteiger partial charge in [0, 0.05) is 19.1 Å². The fourth-order valence-corrected chi connectivity index (χ4v) is 2.24. The predicted molar refractivity (Wildman–Crippen MR) is 71.2 cm³/mol. The van der Waals surface area contributed by atoms with Gasteiger partial charge >= 0.3 is 0 Å². The van der Waals surface area contributed by atoms with Crippen LogP contribution in [0.2, 0.25) is 0 Å². The van der Waals surface area contributed by atoms with E-state index >= 15 is 0 Å². The highest BCUT2D eigenvalue weighted by Gasteiger charge is 2.18. The molecule has 2 nitrogen and oxygen atoms in total. The van der Waals surface area contributed by atoms with E-state index in [2.05, 4.69) is 49.9 Å². The Morgan fingerprint density at radius 2 is 2.00 bits per heavy atom. The summed E-state index contributed by atoms with van der Waals surface area (Å²) in [6, 6.07) is 9.57. The summed E-state index contributed by atoms with van der Waals surface area (Å²) in [6.07, 6.45) is 0. The smallest absolute Gasteiger partial charge is 0.0619 e. The topological polar surface area (TPSA) is 12.5 Å². The van der Waals surface area contributed by atoms with Gasteiger partial charge < -0.3 is 4.74 Å². The number of hydrogen-bond acceptors (Lipinski definition) is 2. The molecule has 17 heavy (non-hydrogen) atoms. The molecule has 1 atom stereocenters. The molecule has 1 aliphatic rings. The number of hydrogen-bond donors (Lipinski definition) is 0. The first-order valence-electron chi connectivity index (χ1n) is 6.57. The Labute approximate surface area is 105 Å². The van der Waals surface area contributed by atoms with Crippen molar-refractivity contribution >= 4 is 0 Å². The van der Waals surface area contributed by atoms with Crippen molar-refractivity contribution in [3.8, 4) is 0 Å². The predicted octanol–water partition coefficient (Wildman–Crippen LogP) is 3.03. The van der Waals surface area contributed by atoms with Gasteiger partial charge in [0.2, 0.25) is 0 Å². The Kier molecular flexibility index (Phi) is 4.19. The van der Waals surface area contributed by atoms with Gasteiger partial charge in [0.15, 0.2) is 0 Å². The van der Waals surface area contributed by atoms with Crippen molar-refractivity contribution in [2.24, 2.45) is 0 Å². The molecule has 0 bridgehead atoms. The zero-order valence-corrected chi connectivity index (χ0v) is 11.1. The summed E-state index contributed by atoms with van der Waals surface area (Å²) in [5.74, 6) is 0.617. The zero-order chi connectivity index (χ0) is 12.3. The first-order valence-corrected chi connectivity index (χ1v) is 6.57. The van der Waals surface area contributed by atoms with Crippen molar-refractivity contribution in [1.29, 1.82) is 0 Å². The largest absolute Gasteiger partial charge is 0.379 e. The lowest BCUT2D eigenvalue weighted by Gasteiger charge is -2.33.